The third-order valence-corrected chi connectivity index (χ3v) is 4.26. The molecular weight excluding hydrogens is 311 g/mol. The molecule has 1 aromatic carbocycles. The van der Waals surface area contributed by atoms with Crippen LogP contribution in [0.3, 0.4) is 0 Å². The number of H-pyrrole nitrogens is 1. The lowest BCUT2D eigenvalue weighted by molar-refractivity contribution is 0.0691. The molecule has 128 valence electrons. The third-order valence-electron chi connectivity index (χ3n) is 4.26. The van der Waals surface area contributed by atoms with Crippen LogP contribution in [-0.4, -0.2) is 59.9 Å². The number of hydrogen-bond acceptors (Lipinski definition) is 2. The Morgan fingerprint density at radius 1 is 1.33 bits per heavy atom. The Bertz CT molecular complexity index is 771. The van der Waals surface area contributed by atoms with Crippen molar-refractivity contribution < 1.29 is 14.0 Å². The van der Waals surface area contributed by atoms with Gasteiger partial charge in [-0.1, -0.05) is 0 Å². The molecule has 24 heavy (non-hydrogen) atoms. The Labute approximate surface area is 139 Å². The molecule has 0 aliphatic carbocycles. The van der Waals surface area contributed by atoms with Gasteiger partial charge in [-0.25, -0.2) is 9.18 Å². The van der Waals surface area contributed by atoms with E-state index in [0.717, 1.165) is 18.4 Å². The molecule has 1 aliphatic rings. The van der Waals surface area contributed by atoms with E-state index < -0.39 is 0 Å². The third kappa shape index (κ3) is 3.34. The van der Waals surface area contributed by atoms with Crippen molar-refractivity contribution in [1.82, 2.24) is 20.1 Å². The monoisotopic (exact) mass is 332 g/mol. The first-order valence-corrected chi connectivity index (χ1v) is 7.99. The van der Waals surface area contributed by atoms with Crippen LogP contribution in [-0.2, 0) is 0 Å². The van der Waals surface area contributed by atoms with Gasteiger partial charge in [0.1, 0.15) is 11.5 Å². The van der Waals surface area contributed by atoms with Crippen molar-refractivity contribution >= 4 is 22.8 Å². The number of nitrogens with zero attached hydrogens (tertiary/aromatic N) is 2. The van der Waals surface area contributed by atoms with Crippen molar-refractivity contribution in [3.8, 4) is 0 Å². The van der Waals surface area contributed by atoms with Gasteiger partial charge in [-0.15, -0.1) is 0 Å². The van der Waals surface area contributed by atoms with E-state index in [2.05, 4.69) is 10.3 Å². The van der Waals surface area contributed by atoms with E-state index in [1.165, 1.54) is 17.0 Å². The van der Waals surface area contributed by atoms with Gasteiger partial charge in [0, 0.05) is 44.1 Å². The second-order valence-electron chi connectivity index (χ2n) is 6.35. The first-order valence-electron chi connectivity index (χ1n) is 7.99. The van der Waals surface area contributed by atoms with Crippen molar-refractivity contribution in [1.29, 1.82) is 0 Å². The minimum absolute atomic E-state index is 0.0561. The molecule has 1 atom stereocenters. The molecule has 2 N–H and O–H groups in total. The fraction of sp³-hybridized carbons (Fsp3) is 0.412. The van der Waals surface area contributed by atoms with Crippen LogP contribution in [0.1, 0.15) is 23.3 Å². The molecule has 1 aromatic heterocycles. The van der Waals surface area contributed by atoms with Crippen LogP contribution >= 0.6 is 0 Å². The van der Waals surface area contributed by atoms with E-state index in [9.17, 15) is 14.0 Å². The number of carbonyl (C=O) groups excluding carboxylic acids is 2. The minimum atomic E-state index is -0.329. The summed E-state index contributed by atoms with van der Waals surface area (Å²) in [5, 5.41) is 3.60. The Kier molecular flexibility index (Phi) is 4.42. The lowest BCUT2D eigenvalue weighted by Crippen LogP contribution is -2.51. The van der Waals surface area contributed by atoms with Gasteiger partial charge in [0.2, 0.25) is 0 Å². The number of benzene rings is 1. The molecule has 0 radical (unpaired) electrons. The molecule has 0 bridgehead atoms. The maximum Gasteiger partial charge on any atom is 0.317 e. The molecule has 0 spiro atoms. The molecule has 1 saturated heterocycles. The highest BCUT2D eigenvalue weighted by molar-refractivity contribution is 5.98. The van der Waals surface area contributed by atoms with Gasteiger partial charge in [0.25, 0.3) is 5.91 Å². The van der Waals surface area contributed by atoms with Gasteiger partial charge in [0.15, 0.2) is 0 Å². The van der Waals surface area contributed by atoms with E-state index in [1.54, 1.807) is 31.1 Å². The minimum Gasteiger partial charge on any atom is -0.351 e. The van der Waals surface area contributed by atoms with Crippen molar-refractivity contribution in [2.45, 2.75) is 18.9 Å². The average Bonchev–Trinajstić information content (AvgIpc) is 2.97. The zero-order valence-corrected chi connectivity index (χ0v) is 13.8. The summed E-state index contributed by atoms with van der Waals surface area (Å²) in [6, 6.07) is 5.84. The van der Waals surface area contributed by atoms with Gasteiger partial charge in [-0.2, -0.15) is 0 Å². The molecule has 0 saturated carbocycles. The zero-order chi connectivity index (χ0) is 17.3. The molecule has 7 heteroatoms. The summed E-state index contributed by atoms with van der Waals surface area (Å²) in [6.07, 6.45) is 1.68. The van der Waals surface area contributed by atoms with E-state index in [0.29, 0.717) is 24.2 Å². The molecule has 1 unspecified atom stereocenters. The number of rotatable bonds is 2. The van der Waals surface area contributed by atoms with Crippen LogP contribution in [0, 0.1) is 5.82 Å². The summed E-state index contributed by atoms with van der Waals surface area (Å²) in [4.78, 5) is 30.7. The standard InChI is InChI=1S/C17H21FN4O2/c1-21(2)17(24)19-13-4-3-7-22(10-13)16(23)15-9-11-8-12(18)5-6-14(11)20-15/h5-6,8-9,13,20H,3-4,7,10H2,1-2H3,(H,19,24). The highest BCUT2D eigenvalue weighted by Crippen LogP contribution is 2.19. The molecule has 6 nitrogen and oxygen atoms in total. The number of nitrogens with one attached hydrogen (secondary N) is 2. The van der Waals surface area contributed by atoms with E-state index >= 15 is 0 Å². The summed E-state index contributed by atoms with van der Waals surface area (Å²) in [7, 11) is 3.37. The molecule has 3 rings (SSSR count). The Hall–Kier alpha value is -2.57. The van der Waals surface area contributed by atoms with Crippen molar-refractivity contribution in [2.75, 3.05) is 27.2 Å². The van der Waals surface area contributed by atoms with Gasteiger partial charge < -0.3 is 20.1 Å². The lowest BCUT2D eigenvalue weighted by Gasteiger charge is -2.33. The van der Waals surface area contributed by atoms with Crippen LogP contribution in [0.4, 0.5) is 9.18 Å². The largest absolute Gasteiger partial charge is 0.351 e. The Balaban J connectivity index is 1.72. The van der Waals surface area contributed by atoms with Crippen LogP contribution in [0.25, 0.3) is 10.9 Å². The lowest BCUT2D eigenvalue weighted by atomic mass is 10.1. The number of likely N-dealkylation sites (tertiary alicyclic amines) is 1. The molecule has 2 aromatic rings. The SMILES string of the molecule is CN(C)C(=O)NC1CCCN(C(=O)c2cc3cc(F)ccc3[nH]2)C1. The van der Waals surface area contributed by atoms with E-state index in [1.807, 2.05) is 0 Å². The summed E-state index contributed by atoms with van der Waals surface area (Å²) in [6.45, 7) is 1.12. The fourth-order valence-corrected chi connectivity index (χ4v) is 2.97. The first-order chi connectivity index (χ1) is 11.4. The predicted octanol–water partition coefficient (Wildman–Crippen LogP) is 2.18. The highest BCUT2D eigenvalue weighted by atomic mass is 19.1. The van der Waals surface area contributed by atoms with Crippen LogP contribution < -0.4 is 5.32 Å². The smallest absolute Gasteiger partial charge is 0.317 e. The number of piperidine rings is 1. The molecule has 3 amide bonds. The van der Waals surface area contributed by atoms with Crippen molar-refractivity contribution in [3.63, 3.8) is 0 Å². The van der Waals surface area contributed by atoms with Crippen molar-refractivity contribution in [3.05, 3.63) is 35.8 Å². The molecular formula is C17H21FN4O2. The van der Waals surface area contributed by atoms with E-state index in [4.69, 9.17) is 0 Å². The van der Waals surface area contributed by atoms with Crippen LogP contribution in [0.5, 0.6) is 0 Å². The zero-order valence-electron chi connectivity index (χ0n) is 13.8. The number of halogens is 1. The fourth-order valence-electron chi connectivity index (χ4n) is 2.97. The summed E-state index contributed by atoms with van der Waals surface area (Å²) in [5.74, 6) is -0.458. The maximum absolute atomic E-state index is 13.3. The second kappa shape index (κ2) is 6.51. The first kappa shape index (κ1) is 16.3. The van der Waals surface area contributed by atoms with Gasteiger partial charge in [-0.3, -0.25) is 4.79 Å². The Morgan fingerprint density at radius 2 is 2.12 bits per heavy atom. The number of aromatic nitrogens is 1. The van der Waals surface area contributed by atoms with E-state index in [-0.39, 0.29) is 23.8 Å². The molecule has 1 aliphatic heterocycles. The quantitative estimate of drug-likeness (QED) is 0.885. The van der Waals surface area contributed by atoms with Crippen LogP contribution in [0.15, 0.2) is 24.3 Å². The predicted molar refractivity (Wildman–Crippen MR) is 89.4 cm³/mol. The topological polar surface area (TPSA) is 68.4 Å². The summed E-state index contributed by atoms with van der Waals surface area (Å²) < 4.78 is 13.3. The molecule has 2 heterocycles. The van der Waals surface area contributed by atoms with Gasteiger partial charge in [0.05, 0.1) is 0 Å². The summed E-state index contributed by atoms with van der Waals surface area (Å²) >= 11 is 0. The maximum atomic E-state index is 13.3. The summed E-state index contributed by atoms with van der Waals surface area (Å²) in [5.41, 5.74) is 1.17. The second-order valence-corrected chi connectivity index (χ2v) is 6.35. The highest BCUT2D eigenvalue weighted by Gasteiger charge is 2.26. The Morgan fingerprint density at radius 3 is 2.88 bits per heavy atom. The number of amides is 3. The number of hydrogen-bond donors (Lipinski definition) is 2. The van der Waals surface area contributed by atoms with Gasteiger partial charge in [-0.05, 0) is 37.1 Å². The number of aromatic amines is 1. The number of fused-ring (bicyclic) bond motifs is 1. The number of carbonyl (C=O) groups is 2. The average molecular weight is 332 g/mol. The van der Waals surface area contributed by atoms with Gasteiger partial charge >= 0.3 is 6.03 Å². The van der Waals surface area contributed by atoms with Crippen molar-refractivity contribution in [2.24, 2.45) is 0 Å². The number of urea groups is 1. The normalized spacial score (nSPS) is 17.8. The van der Waals surface area contributed by atoms with Crippen LogP contribution in [0.2, 0.25) is 0 Å². The molecule has 1 fully saturated rings.